The number of fused-ring (bicyclic) bond motifs is 1. The summed E-state index contributed by atoms with van der Waals surface area (Å²) in [5, 5.41) is 9.04. The van der Waals surface area contributed by atoms with E-state index in [1.807, 2.05) is 44.4 Å². The summed E-state index contributed by atoms with van der Waals surface area (Å²) >= 11 is 0. The Morgan fingerprint density at radius 1 is 1.18 bits per heavy atom. The van der Waals surface area contributed by atoms with Gasteiger partial charge in [-0.2, -0.15) is 5.10 Å². The van der Waals surface area contributed by atoms with Crippen LogP contribution in [0, 0.1) is 0 Å². The molecule has 0 aromatic heterocycles. The van der Waals surface area contributed by atoms with E-state index in [4.69, 9.17) is 0 Å². The first-order chi connectivity index (χ1) is 10.7. The summed E-state index contributed by atoms with van der Waals surface area (Å²) in [7, 11) is 4.02. The Labute approximate surface area is 131 Å². The zero-order chi connectivity index (χ0) is 15.8. The Morgan fingerprint density at radius 2 is 1.95 bits per heavy atom. The Morgan fingerprint density at radius 3 is 2.77 bits per heavy atom. The summed E-state index contributed by atoms with van der Waals surface area (Å²) in [6.07, 6.45) is 2.58. The number of carbonyl (C=O) groups excluding carboxylic acids is 1. The van der Waals surface area contributed by atoms with Crippen LogP contribution in [0.3, 0.4) is 0 Å². The maximum absolute atomic E-state index is 11.6. The van der Waals surface area contributed by atoms with Crippen LogP contribution >= 0.6 is 0 Å². The maximum atomic E-state index is 11.6. The number of amides is 2. The highest BCUT2D eigenvalue weighted by molar-refractivity contribution is 5.99. The molecule has 2 rings (SSSR count). The lowest BCUT2D eigenvalue weighted by atomic mass is 10.1. The minimum atomic E-state index is -0.282. The van der Waals surface area contributed by atoms with Crippen molar-refractivity contribution in [1.82, 2.24) is 15.6 Å². The van der Waals surface area contributed by atoms with Gasteiger partial charge in [0.15, 0.2) is 0 Å². The second-order valence-electron chi connectivity index (χ2n) is 5.35. The Hall–Kier alpha value is -2.40. The number of hydrogen-bond donors (Lipinski definition) is 2. The molecule has 2 aromatic rings. The van der Waals surface area contributed by atoms with E-state index in [2.05, 4.69) is 32.9 Å². The molecule has 0 aliphatic carbocycles. The summed E-state index contributed by atoms with van der Waals surface area (Å²) < 4.78 is 0. The molecule has 116 valence electrons. The standard InChI is InChI=1S/C17H22N4O/c1-21(2)12-6-11-18-17(22)20-19-13-15-9-5-8-14-7-3-4-10-16(14)15/h3-5,7-10,13H,6,11-12H2,1-2H3,(H2,18,20,22)/b19-13+. The van der Waals surface area contributed by atoms with Crippen LogP contribution in [0.15, 0.2) is 47.6 Å². The van der Waals surface area contributed by atoms with Crippen LogP contribution < -0.4 is 10.7 Å². The fourth-order valence-corrected chi connectivity index (χ4v) is 2.16. The van der Waals surface area contributed by atoms with Crippen LogP contribution in [0.25, 0.3) is 10.8 Å². The summed E-state index contributed by atoms with van der Waals surface area (Å²) in [4.78, 5) is 13.7. The fourth-order valence-electron chi connectivity index (χ4n) is 2.16. The normalized spacial score (nSPS) is 11.2. The van der Waals surface area contributed by atoms with E-state index < -0.39 is 0 Å². The van der Waals surface area contributed by atoms with Crippen LogP contribution in [0.4, 0.5) is 4.79 Å². The minimum Gasteiger partial charge on any atom is -0.337 e. The molecule has 2 amide bonds. The van der Waals surface area contributed by atoms with Crippen molar-refractivity contribution in [3.63, 3.8) is 0 Å². The van der Waals surface area contributed by atoms with Crippen molar-refractivity contribution < 1.29 is 4.79 Å². The van der Waals surface area contributed by atoms with Gasteiger partial charge in [-0.1, -0.05) is 42.5 Å². The number of nitrogens with zero attached hydrogens (tertiary/aromatic N) is 2. The van der Waals surface area contributed by atoms with Gasteiger partial charge in [0, 0.05) is 12.1 Å². The molecule has 0 heterocycles. The molecular formula is C17H22N4O. The molecule has 0 saturated carbocycles. The molecule has 0 unspecified atom stereocenters. The molecule has 0 saturated heterocycles. The zero-order valence-corrected chi connectivity index (χ0v) is 13.0. The number of carbonyl (C=O) groups is 1. The highest BCUT2D eigenvalue weighted by Gasteiger charge is 1.99. The van der Waals surface area contributed by atoms with Gasteiger partial charge >= 0.3 is 6.03 Å². The second kappa shape index (κ2) is 8.14. The van der Waals surface area contributed by atoms with Crippen molar-refractivity contribution in [2.24, 2.45) is 5.10 Å². The highest BCUT2D eigenvalue weighted by atomic mass is 16.2. The molecule has 5 nitrogen and oxygen atoms in total. The van der Waals surface area contributed by atoms with E-state index >= 15 is 0 Å². The lowest BCUT2D eigenvalue weighted by molar-refractivity contribution is 0.240. The molecule has 0 fully saturated rings. The van der Waals surface area contributed by atoms with E-state index in [1.165, 1.54) is 0 Å². The second-order valence-corrected chi connectivity index (χ2v) is 5.35. The average Bonchev–Trinajstić information content (AvgIpc) is 2.52. The number of nitrogens with one attached hydrogen (secondary N) is 2. The maximum Gasteiger partial charge on any atom is 0.335 e. The number of rotatable bonds is 6. The van der Waals surface area contributed by atoms with Crippen molar-refractivity contribution in [3.8, 4) is 0 Å². The third-order valence-electron chi connectivity index (χ3n) is 3.26. The van der Waals surface area contributed by atoms with E-state index in [1.54, 1.807) is 6.21 Å². The first-order valence-corrected chi connectivity index (χ1v) is 7.36. The van der Waals surface area contributed by atoms with E-state index in [0.717, 1.165) is 29.3 Å². The molecular weight excluding hydrogens is 276 g/mol. The van der Waals surface area contributed by atoms with Gasteiger partial charge in [-0.05, 0) is 37.8 Å². The van der Waals surface area contributed by atoms with Gasteiger partial charge < -0.3 is 10.2 Å². The van der Waals surface area contributed by atoms with Gasteiger partial charge in [-0.25, -0.2) is 10.2 Å². The van der Waals surface area contributed by atoms with Crippen LogP contribution in [0.2, 0.25) is 0 Å². The van der Waals surface area contributed by atoms with Gasteiger partial charge in [-0.3, -0.25) is 0 Å². The van der Waals surface area contributed by atoms with Gasteiger partial charge in [-0.15, -0.1) is 0 Å². The molecule has 22 heavy (non-hydrogen) atoms. The van der Waals surface area contributed by atoms with Crippen LogP contribution in [-0.2, 0) is 0 Å². The average molecular weight is 298 g/mol. The third kappa shape index (κ3) is 4.86. The first-order valence-electron chi connectivity index (χ1n) is 7.36. The monoisotopic (exact) mass is 298 g/mol. The van der Waals surface area contributed by atoms with Crippen molar-refractivity contribution in [2.45, 2.75) is 6.42 Å². The quantitative estimate of drug-likeness (QED) is 0.489. The van der Waals surface area contributed by atoms with Gasteiger partial charge in [0.05, 0.1) is 6.21 Å². The molecule has 0 aliphatic rings. The summed E-state index contributed by atoms with van der Waals surface area (Å²) in [5.74, 6) is 0. The van der Waals surface area contributed by atoms with Crippen molar-refractivity contribution in [1.29, 1.82) is 0 Å². The van der Waals surface area contributed by atoms with Crippen molar-refractivity contribution >= 4 is 23.0 Å². The number of hydrazone groups is 1. The molecule has 5 heteroatoms. The van der Waals surface area contributed by atoms with Crippen molar-refractivity contribution in [2.75, 3.05) is 27.2 Å². The van der Waals surface area contributed by atoms with Gasteiger partial charge in [0.25, 0.3) is 0 Å². The summed E-state index contributed by atoms with van der Waals surface area (Å²) in [6.45, 7) is 1.58. The fraction of sp³-hybridized carbons (Fsp3) is 0.294. The lowest BCUT2D eigenvalue weighted by Gasteiger charge is -2.09. The van der Waals surface area contributed by atoms with Gasteiger partial charge in [0.1, 0.15) is 0 Å². The molecule has 0 spiro atoms. The smallest absolute Gasteiger partial charge is 0.335 e. The van der Waals surface area contributed by atoms with Crippen molar-refractivity contribution in [3.05, 3.63) is 48.0 Å². The number of benzene rings is 2. The van der Waals surface area contributed by atoms with Crippen LogP contribution in [0.5, 0.6) is 0 Å². The molecule has 0 radical (unpaired) electrons. The lowest BCUT2D eigenvalue weighted by Crippen LogP contribution is -2.34. The highest BCUT2D eigenvalue weighted by Crippen LogP contribution is 2.16. The predicted molar refractivity (Wildman–Crippen MR) is 91.2 cm³/mol. The number of hydrogen-bond acceptors (Lipinski definition) is 3. The molecule has 0 atom stereocenters. The Balaban J connectivity index is 1.85. The Kier molecular flexibility index (Phi) is 5.91. The largest absolute Gasteiger partial charge is 0.337 e. The van der Waals surface area contributed by atoms with Gasteiger partial charge in [0.2, 0.25) is 0 Å². The zero-order valence-electron chi connectivity index (χ0n) is 13.0. The molecule has 2 aromatic carbocycles. The topological polar surface area (TPSA) is 56.7 Å². The summed E-state index contributed by atoms with van der Waals surface area (Å²) in [5.41, 5.74) is 3.47. The SMILES string of the molecule is CN(C)CCCNC(=O)N/N=C/c1cccc2ccccc12. The summed E-state index contributed by atoms with van der Waals surface area (Å²) in [6, 6.07) is 13.8. The predicted octanol–water partition coefficient (Wildman–Crippen LogP) is 2.42. The van der Waals surface area contributed by atoms with E-state index in [0.29, 0.717) is 6.54 Å². The van der Waals surface area contributed by atoms with Crippen LogP contribution in [-0.4, -0.2) is 44.3 Å². The Bertz CT molecular complexity index is 647. The first kappa shape index (κ1) is 16.0. The minimum absolute atomic E-state index is 0.282. The molecule has 2 N–H and O–H groups in total. The molecule has 0 bridgehead atoms. The molecule has 0 aliphatic heterocycles. The van der Waals surface area contributed by atoms with E-state index in [9.17, 15) is 4.79 Å². The van der Waals surface area contributed by atoms with Crippen LogP contribution in [0.1, 0.15) is 12.0 Å². The van der Waals surface area contributed by atoms with E-state index in [-0.39, 0.29) is 6.03 Å². The third-order valence-corrected chi connectivity index (χ3v) is 3.26. The number of urea groups is 1.